The van der Waals surface area contributed by atoms with Crippen LogP contribution in [0.1, 0.15) is 0 Å². The third-order valence-electron chi connectivity index (χ3n) is 0.305. The lowest BCUT2D eigenvalue weighted by Crippen LogP contribution is -2.13. The Bertz CT molecular complexity index is 20.8. The van der Waals surface area contributed by atoms with Crippen molar-refractivity contribution in [1.29, 1.82) is 0 Å². The molecule has 4 nitrogen and oxygen atoms in total. The highest BCUT2D eigenvalue weighted by Crippen LogP contribution is 1.56. The van der Waals surface area contributed by atoms with Crippen molar-refractivity contribution in [3.63, 3.8) is 0 Å². The van der Waals surface area contributed by atoms with Crippen LogP contribution in [0.3, 0.4) is 0 Å². The molecule has 0 rings (SSSR count). The molecule has 0 aromatic carbocycles. The normalized spacial score (nSPS) is 9.00. The molecule has 0 amide bonds. The maximum Gasteiger partial charge on any atom is 0.0967 e. The molecule has 4 heteroatoms. The van der Waals surface area contributed by atoms with E-state index >= 15 is 0 Å². The van der Waals surface area contributed by atoms with E-state index in [1.54, 1.807) is 5.48 Å². The minimum absolute atomic E-state index is 0.108. The topological polar surface area (TPSA) is 61.7 Å². The van der Waals surface area contributed by atoms with Crippen LogP contribution in [-0.4, -0.2) is 23.6 Å². The molecule has 0 unspecified atom stereocenters. The third kappa shape index (κ3) is 3.84. The van der Waals surface area contributed by atoms with Gasteiger partial charge in [-0.05, 0) is 0 Å². The summed E-state index contributed by atoms with van der Waals surface area (Å²) >= 11 is 0. The van der Waals surface area contributed by atoms with Gasteiger partial charge in [0.25, 0.3) is 0 Å². The highest BCUT2D eigenvalue weighted by Gasteiger charge is 1.75. The molecule has 0 aliphatic heterocycles. The fourth-order valence-corrected chi connectivity index (χ4v) is 0.0913. The molecule has 6 heavy (non-hydrogen) atoms. The predicted molar refractivity (Wildman–Crippen MR) is 18.4 cm³/mol. The van der Waals surface area contributed by atoms with Crippen LogP contribution < -0.4 is 5.48 Å². The minimum atomic E-state index is 0.108. The Balaban J connectivity index is 2.34. The summed E-state index contributed by atoms with van der Waals surface area (Å²) in [5, 5.41) is 15.3. The molecule has 0 fully saturated rings. The largest absolute Gasteiger partial charge is 0.317 e. The lowest BCUT2D eigenvalue weighted by Gasteiger charge is -1.89. The van der Waals surface area contributed by atoms with E-state index in [-0.39, 0.29) is 13.2 Å². The van der Waals surface area contributed by atoms with Gasteiger partial charge in [-0.1, -0.05) is 0 Å². The molecule has 0 aliphatic carbocycles. The van der Waals surface area contributed by atoms with Gasteiger partial charge >= 0.3 is 0 Å². The van der Waals surface area contributed by atoms with Crippen molar-refractivity contribution in [2.75, 3.05) is 13.2 Å². The van der Waals surface area contributed by atoms with Gasteiger partial charge in [0.2, 0.25) is 0 Å². The Kier molecular flexibility index (Phi) is 4.71. The Morgan fingerprint density at radius 1 is 1.67 bits per heavy atom. The zero-order valence-corrected chi connectivity index (χ0v) is 3.22. The van der Waals surface area contributed by atoms with Crippen molar-refractivity contribution in [3.8, 4) is 0 Å². The molecular formula is C2H7NO3. The van der Waals surface area contributed by atoms with Crippen molar-refractivity contribution in [2.45, 2.75) is 0 Å². The Morgan fingerprint density at radius 2 is 2.33 bits per heavy atom. The van der Waals surface area contributed by atoms with Crippen molar-refractivity contribution in [2.24, 2.45) is 0 Å². The summed E-state index contributed by atoms with van der Waals surface area (Å²) < 4.78 is 0. The molecular weight excluding hydrogens is 86.0 g/mol. The zero-order chi connectivity index (χ0) is 4.83. The summed E-state index contributed by atoms with van der Waals surface area (Å²) in [4.78, 5) is 3.56. The number of hydrogen-bond acceptors (Lipinski definition) is 4. The van der Waals surface area contributed by atoms with E-state index in [4.69, 9.17) is 10.5 Å². The second kappa shape index (κ2) is 4.84. The molecule has 0 heterocycles. The van der Waals surface area contributed by atoms with Gasteiger partial charge in [-0.25, -0.2) is 10.4 Å². The molecule has 0 bridgehead atoms. The average Bonchev–Trinajstić information content (AvgIpc) is 1.61. The van der Waals surface area contributed by atoms with Gasteiger partial charge in [0.15, 0.2) is 0 Å². The summed E-state index contributed by atoms with van der Waals surface area (Å²) in [5.41, 5.74) is 1.78. The van der Waals surface area contributed by atoms with Crippen LogP contribution in [0, 0.1) is 0 Å². The molecule has 0 atom stereocenters. The van der Waals surface area contributed by atoms with Gasteiger partial charge in [-0.15, -0.1) is 0 Å². The third-order valence-corrected chi connectivity index (χ3v) is 0.305. The predicted octanol–water partition coefficient (Wildman–Crippen LogP) is -0.545. The number of nitrogens with one attached hydrogen (secondary N) is 1. The molecule has 0 saturated heterocycles. The maximum atomic E-state index is 7.76. The first-order valence-electron chi connectivity index (χ1n) is 1.55. The van der Waals surface area contributed by atoms with E-state index in [2.05, 4.69) is 4.89 Å². The molecule has 0 aromatic heterocycles. The monoisotopic (exact) mass is 93.0 g/mol. The standard InChI is InChI=1S/C2H7NO3/c4-3-1-2-6-5/h3-5H,1-2H2. The Labute approximate surface area is 35.2 Å². The first-order chi connectivity index (χ1) is 2.91. The number of hydrogen-bond donors (Lipinski definition) is 3. The second-order valence-corrected chi connectivity index (χ2v) is 0.741. The summed E-state index contributed by atoms with van der Waals surface area (Å²) in [6.07, 6.45) is 0. The van der Waals surface area contributed by atoms with E-state index in [1.807, 2.05) is 0 Å². The van der Waals surface area contributed by atoms with Crippen molar-refractivity contribution in [3.05, 3.63) is 0 Å². The van der Waals surface area contributed by atoms with Crippen LogP contribution in [-0.2, 0) is 4.89 Å². The van der Waals surface area contributed by atoms with Gasteiger partial charge in [0.1, 0.15) is 0 Å². The van der Waals surface area contributed by atoms with Crippen molar-refractivity contribution >= 4 is 0 Å². The number of hydroxylamine groups is 1. The molecule has 0 aromatic rings. The lowest BCUT2D eigenvalue weighted by atomic mass is 10.7. The second-order valence-electron chi connectivity index (χ2n) is 0.741. The van der Waals surface area contributed by atoms with Gasteiger partial charge < -0.3 is 5.21 Å². The van der Waals surface area contributed by atoms with Crippen LogP contribution in [0.25, 0.3) is 0 Å². The molecule has 0 saturated carbocycles. The van der Waals surface area contributed by atoms with Crippen LogP contribution in [0.2, 0.25) is 0 Å². The van der Waals surface area contributed by atoms with Gasteiger partial charge in [0, 0.05) is 6.54 Å². The first kappa shape index (κ1) is 5.84. The smallest absolute Gasteiger partial charge is 0.0967 e. The van der Waals surface area contributed by atoms with Crippen LogP contribution in [0.4, 0.5) is 0 Å². The van der Waals surface area contributed by atoms with Crippen LogP contribution >= 0.6 is 0 Å². The molecule has 3 N–H and O–H groups in total. The van der Waals surface area contributed by atoms with Gasteiger partial charge in [-0.2, -0.15) is 0 Å². The van der Waals surface area contributed by atoms with Crippen molar-refractivity contribution < 1.29 is 15.4 Å². The number of rotatable bonds is 3. The minimum Gasteiger partial charge on any atom is -0.317 e. The summed E-state index contributed by atoms with van der Waals surface area (Å²) in [5.74, 6) is 0. The molecule has 0 aliphatic rings. The van der Waals surface area contributed by atoms with Crippen molar-refractivity contribution in [1.82, 2.24) is 5.48 Å². The summed E-state index contributed by atoms with van der Waals surface area (Å²) in [6.45, 7) is 0.354. The van der Waals surface area contributed by atoms with E-state index in [0.29, 0.717) is 0 Å². The quantitative estimate of drug-likeness (QED) is 0.249. The zero-order valence-electron chi connectivity index (χ0n) is 3.22. The van der Waals surface area contributed by atoms with E-state index in [0.717, 1.165) is 0 Å². The Hall–Kier alpha value is -0.160. The fourth-order valence-electron chi connectivity index (χ4n) is 0.0913. The highest BCUT2D eigenvalue weighted by molar-refractivity contribution is 4.22. The molecule has 0 radical (unpaired) electrons. The highest BCUT2D eigenvalue weighted by atomic mass is 17.1. The van der Waals surface area contributed by atoms with E-state index in [1.165, 1.54) is 0 Å². The average molecular weight is 93.1 g/mol. The molecule has 38 valence electrons. The lowest BCUT2D eigenvalue weighted by molar-refractivity contribution is -0.242. The van der Waals surface area contributed by atoms with Crippen LogP contribution in [0.15, 0.2) is 0 Å². The first-order valence-corrected chi connectivity index (χ1v) is 1.55. The fraction of sp³-hybridized carbons (Fsp3) is 1.00. The van der Waals surface area contributed by atoms with Crippen LogP contribution in [0.5, 0.6) is 0 Å². The SMILES string of the molecule is ONCCOO. The Morgan fingerprint density at radius 3 is 2.50 bits per heavy atom. The summed E-state index contributed by atoms with van der Waals surface area (Å²) in [7, 11) is 0. The van der Waals surface area contributed by atoms with Gasteiger partial charge in [-0.3, -0.25) is 5.26 Å². The van der Waals surface area contributed by atoms with E-state index in [9.17, 15) is 0 Å². The maximum absolute atomic E-state index is 7.76. The summed E-state index contributed by atoms with van der Waals surface area (Å²) in [6, 6.07) is 0. The molecule has 0 spiro atoms. The van der Waals surface area contributed by atoms with E-state index < -0.39 is 0 Å². The van der Waals surface area contributed by atoms with Gasteiger partial charge in [0.05, 0.1) is 6.61 Å².